The summed E-state index contributed by atoms with van der Waals surface area (Å²) >= 11 is 4.52. The molecule has 0 bridgehead atoms. The molecule has 4 rings (SSSR count). The fourth-order valence-electron chi connectivity index (χ4n) is 3.53. The standard InChI is InChI=1S/C26H21BrN4O6S/c1-36-24(34)15-8-10-18(25(35)37-2)20(12-15)28-22(33)14-38-26-30-29-23(19-13-16(27)9-11-21(19)32)31(26)17-6-4-3-5-7-17/h3-13,32H,14H2,1-2H3,(H,28,33). The van der Waals surface area contributed by atoms with Crippen molar-refractivity contribution < 1.29 is 29.0 Å². The molecule has 2 N–H and O–H groups in total. The highest BCUT2D eigenvalue weighted by Gasteiger charge is 2.21. The van der Waals surface area contributed by atoms with Gasteiger partial charge < -0.3 is 19.9 Å². The van der Waals surface area contributed by atoms with Crippen molar-refractivity contribution in [1.29, 1.82) is 0 Å². The summed E-state index contributed by atoms with van der Waals surface area (Å²) in [6.07, 6.45) is 0. The first-order valence-electron chi connectivity index (χ1n) is 11.1. The third-order valence-corrected chi connectivity index (χ3v) is 6.72. The molecule has 0 aliphatic rings. The molecule has 38 heavy (non-hydrogen) atoms. The first-order chi connectivity index (χ1) is 18.3. The number of anilines is 1. The second kappa shape index (κ2) is 11.9. The number of phenols is 1. The summed E-state index contributed by atoms with van der Waals surface area (Å²) in [5.41, 5.74) is 1.53. The van der Waals surface area contributed by atoms with Crippen molar-refractivity contribution in [3.05, 3.63) is 82.3 Å². The predicted octanol–water partition coefficient (Wildman–Crippen LogP) is 4.71. The first-order valence-corrected chi connectivity index (χ1v) is 12.8. The molecule has 0 unspecified atom stereocenters. The number of thioether (sulfide) groups is 1. The Labute approximate surface area is 230 Å². The maximum absolute atomic E-state index is 12.9. The van der Waals surface area contributed by atoms with E-state index in [4.69, 9.17) is 9.47 Å². The molecule has 0 radical (unpaired) electrons. The highest BCUT2D eigenvalue weighted by atomic mass is 79.9. The van der Waals surface area contributed by atoms with Crippen LogP contribution in [0.1, 0.15) is 20.7 Å². The summed E-state index contributed by atoms with van der Waals surface area (Å²) in [5.74, 6) is -1.45. The highest BCUT2D eigenvalue weighted by molar-refractivity contribution is 9.10. The number of benzene rings is 3. The third-order valence-electron chi connectivity index (χ3n) is 5.30. The van der Waals surface area contributed by atoms with Gasteiger partial charge in [0.2, 0.25) is 5.91 Å². The number of phenolic OH excluding ortho intramolecular Hbond substituents is 1. The van der Waals surface area contributed by atoms with E-state index in [2.05, 4.69) is 31.4 Å². The van der Waals surface area contributed by atoms with Gasteiger partial charge >= 0.3 is 11.9 Å². The number of hydrogen-bond donors (Lipinski definition) is 2. The van der Waals surface area contributed by atoms with Crippen molar-refractivity contribution in [2.24, 2.45) is 0 Å². The number of carbonyl (C=O) groups is 3. The van der Waals surface area contributed by atoms with Crippen molar-refractivity contribution in [2.45, 2.75) is 5.16 Å². The average Bonchev–Trinajstić information content (AvgIpc) is 3.36. The number of para-hydroxylation sites is 1. The van der Waals surface area contributed by atoms with Gasteiger partial charge in [-0.1, -0.05) is 45.9 Å². The Morgan fingerprint density at radius 2 is 1.71 bits per heavy atom. The van der Waals surface area contributed by atoms with Gasteiger partial charge in [-0.3, -0.25) is 9.36 Å². The molecule has 3 aromatic carbocycles. The summed E-state index contributed by atoms with van der Waals surface area (Å²) in [4.78, 5) is 37.1. The molecule has 0 aliphatic heterocycles. The van der Waals surface area contributed by atoms with Crippen LogP contribution in [0.15, 0.2) is 76.4 Å². The van der Waals surface area contributed by atoms with E-state index >= 15 is 0 Å². The molecule has 4 aromatic rings. The van der Waals surface area contributed by atoms with Crippen LogP contribution in [0, 0.1) is 0 Å². The van der Waals surface area contributed by atoms with E-state index in [9.17, 15) is 19.5 Å². The number of ether oxygens (including phenoxy) is 2. The molecule has 1 amide bonds. The fraction of sp³-hybridized carbons (Fsp3) is 0.115. The molecule has 0 saturated heterocycles. The van der Waals surface area contributed by atoms with Crippen LogP contribution in [0.2, 0.25) is 0 Å². The number of hydrogen-bond acceptors (Lipinski definition) is 9. The lowest BCUT2D eigenvalue weighted by Gasteiger charge is -2.13. The number of carbonyl (C=O) groups excluding carboxylic acids is 3. The number of nitrogens with zero attached hydrogens (tertiary/aromatic N) is 3. The van der Waals surface area contributed by atoms with Crippen LogP contribution in [0.3, 0.4) is 0 Å². The van der Waals surface area contributed by atoms with E-state index in [1.807, 2.05) is 30.3 Å². The number of methoxy groups -OCH3 is 2. The second-order valence-corrected chi connectivity index (χ2v) is 9.58. The van der Waals surface area contributed by atoms with Crippen LogP contribution in [0.4, 0.5) is 5.69 Å². The molecule has 0 fully saturated rings. The van der Waals surface area contributed by atoms with Crippen molar-refractivity contribution in [3.63, 3.8) is 0 Å². The lowest BCUT2D eigenvalue weighted by molar-refractivity contribution is -0.113. The summed E-state index contributed by atoms with van der Waals surface area (Å²) in [7, 11) is 2.45. The first kappa shape index (κ1) is 26.9. The SMILES string of the molecule is COC(=O)c1ccc(C(=O)OC)c(NC(=O)CSc2nnc(-c3cc(Br)ccc3O)n2-c2ccccc2)c1. The maximum atomic E-state index is 12.9. The Hall–Kier alpha value is -4.16. The fourth-order valence-corrected chi connectivity index (χ4v) is 4.64. The molecular weight excluding hydrogens is 576 g/mol. The van der Waals surface area contributed by atoms with Crippen LogP contribution in [-0.2, 0) is 14.3 Å². The molecule has 0 saturated carbocycles. The van der Waals surface area contributed by atoms with Gasteiger partial charge in [-0.2, -0.15) is 0 Å². The summed E-state index contributed by atoms with van der Waals surface area (Å²) in [6, 6.07) is 18.4. The number of amides is 1. The second-order valence-electron chi connectivity index (χ2n) is 7.72. The van der Waals surface area contributed by atoms with Crippen LogP contribution >= 0.6 is 27.7 Å². The summed E-state index contributed by atoms with van der Waals surface area (Å²) < 4.78 is 12.0. The number of nitrogens with one attached hydrogen (secondary N) is 1. The van der Waals surface area contributed by atoms with Crippen LogP contribution in [0.5, 0.6) is 5.75 Å². The van der Waals surface area contributed by atoms with Crippen molar-refractivity contribution in [3.8, 4) is 22.8 Å². The van der Waals surface area contributed by atoms with Crippen LogP contribution in [0.25, 0.3) is 17.1 Å². The highest BCUT2D eigenvalue weighted by Crippen LogP contribution is 2.34. The van der Waals surface area contributed by atoms with E-state index in [1.165, 1.54) is 32.4 Å². The molecule has 0 atom stereocenters. The smallest absolute Gasteiger partial charge is 0.339 e. The Morgan fingerprint density at radius 3 is 2.42 bits per heavy atom. The monoisotopic (exact) mass is 596 g/mol. The zero-order valence-corrected chi connectivity index (χ0v) is 22.6. The largest absolute Gasteiger partial charge is 0.507 e. The van der Waals surface area contributed by atoms with Crippen LogP contribution in [-0.4, -0.2) is 57.7 Å². The van der Waals surface area contributed by atoms with E-state index in [-0.39, 0.29) is 28.3 Å². The Kier molecular flexibility index (Phi) is 8.44. The van der Waals surface area contributed by atoms with Crippen molar-refractivity contribution in [2.75, 3.05) is 25.3 Å². The average molecular weight is 597 g/mol. The Morgan fingerprint density at radius 1 is 0.974 bits per heavy atom. The Bertz CT molecular complexity index is 1510. The normalized spacial score (nSPS) is 10.6. The van der Waals surface area contributed by atoms with E-state index in [1.54, 1.807) is 22.8 Å². The van der Waals surface area contributed by atoms with Gasteiger partial charge in [0.05, 0.1) is 42.4 Å². The molecular formula is C26H21BrN4O6S. The Balaban J connectivity index is 1.62. The minimum absolute atomic E-state index is 0.0212. The number of halogens is 1. The quantitative estimate of drug-likeness (QED) is 0.219. The molecule has 194 valence electrons. The minimum Gasteiger partial charge on any atom is -0.507 e. The summed E-state index contributed by atoms with van der Waals surface area (Å²) in [6.45, 7) is 0. The van der Waals surface area contributed by atoms with Gasteiger partial charge in [0, 0.05) is 10.2 Å². The van der Waals surface area contributed by atoms with Gasteiger partial charge in [0.15, 0.2) is 11.0 Å². The third kappa shape index (κ3) is 5.87. The van der Waals surface area contributed by atoms with Gasteiger partial charge in [-0.05, 0) is 48.5 Å². The van der Waals surface area contributed by atoms with E-state index in [0.29, 0.717) is 16.5 Å². The lowest BCUT2D eigenvalue weighted by atomic mass is 10.1. The molecule has 0 spiro atoms. The molecule has 1 heterocycles. The van der Waals surface area contributed by atoms with Gasteiger partial charge in [0.1, 0.15) is 5.75 Å². The van der Waals surface area contributed by atoms with E-state index in [0.717, 1.165) is 21.9 Å². The number of aromatic hydroxyl groups is 1. The minimum atomic E-state index is -0.674. The molecule has 12 heteroatoms. The molecule has 10 nitrogen and oxygen atoms in total. The van der Waals surface area contributed by atoms with Crippen molar-refractivity contribution in [1.82, 2.24) is 14.8 Å². The van der Waals surface area contributed by atoms with Gasteiger partial charge in [0.25, 0.3) is 0 Å². The predicted molar refractivity (Wildman–Crippen MR) is 145 cm³/mol. The molecule has 0 aliphatic carbocycles. The van der Waals surface area contributed by atoms with E-state index < -0.39 is 17.8 Å². The lowest BCUT2D eigenvalue weighted by Crippen LogP contribution is -2.18. The maximum Gasteiger partial charge on any atom is 0.339 e. The number of aromatic nitrogens is 3. The van der Waals surface area contributed by atoms with Crippen LogP contribution < -0.4 is 5.32 Å². The number of esters is 2. The summed E-state index contributed by atoms with van der Waals surface area (Å²) in [5, 5.41) is 22.1. The van der Waals surface area contributed by atoms with Gasteiger partial charge in [-0.15, -0.1) is 10.2 Å². The zero-order valence-electron chi connectivity index (χ0n) is 20.2. The number of rotatable bonds is 8. The topological polar surface area (TPSA) is 133 Å². The zero-order chi connectivity index (χ0) is 27.2. The van der Waals surface area contributed by atoms with Crippen molar-refractivity contribution >= 4 is 51.2 Å². The van der Waals surface area contributed by atoms with Gasteiger partial charge in [-0.25, -0.2) is 9.59 Å². The molecule has 1 aromatic heterocycles.